The number of nitrogen functional groups attached to an aromatic ring is 1. The van der Waals surface area contributed by atoms with E-state index < -0.39 is 0 Å². The van der Waals surface area contributed by atoms with Gasteiger partial charge in [0.05, 0.1) is 13.2 Å². The average molecular weight is 256 g/mol. The number of benzene rings is 1. The Morgan fingerprint density at radius 1 is 1.25 bits per heavy atom. The molecule has 84 valence electrons. The van der Waals surface area contributed by atoms with Crippen LogP contribution in [0.3, 0.4) is 0 Å². The predicted octanol–water partition coefficient (Wildman–Crippen LogP) is 2.49. The molecule has 0 saturated carbocycles. The number of hydrogen-bond donors (Lipinski definition) is 1. The van der Waals surface area contributed by atoms with E-state index in [0.29, 0.717) is 23.9 Å². The predicted molar refractivity (Wildman–Crippen MR) is 64.3 cm³/mol. The molecule has 0 aliphatic heterocycles. The van der Waals surface area contributed by atoms with E-state index in [9.17, 15) is 0 Å². The molecule has 1 heterocycles. The summed E-state index contributed by atoms with van der Waals surface area (Å²) in [6, 6.07) is 7.51. The first-order valence-corrected chi connectivity index (χ1v) is 5.80. The van der Waals surface area contributed by atoms with E-state index in [4.69, 9.17) is 22.1 Å². The van der Waals surface area contributed by atoms with Gasteiger partial charge in [-0.05, 0) is 17.7 Å². The highest BCUT2D eigenvalue weighted by molar-refractivity contribution is 7.09. The first-order valence-electron chi connectivity index (χ1n) is 4.64. The van der Waals surface area contributed by atoms with Gasteiger partial charge >= 0.3 is 0 Å². The summed E-state index contributed by atoms with van der Waals surface area (Å²) in [5.41, 5.74) is 7.39. The van der Waals surface area contributed by atoms with Crippen LogP contribution in [0, 0.1) is 0 Å². The van der Waals surface area contributed by atoms with Crippen LogP contribution < -0.4 is 5.73 Å². The first kappa shape index (κ1) is 11.3. The Hall–Kier alpha value is -1.17. The highest BCUT2D eigenvalue weighted by Crippen LogP contribution is 2.15. The number of aromatic nitrogens is 2. The van der Waals surface area contributed by atoms with E-state index in [0.717, 1.165) is 10.6 Å². The molecule has 16 heavy (non-hydrogen) atoms. The summed E-state index contributed by atoms with van der Waals surface area (Å²) >= 11 is 6.95. The molecule has 0 spiro atoms. The van der Waals surface area contributed by atoms with Crippen molar-refractivity contribution in [3.63, 3.8) is 0 Å². The Morgan fingerprint density at radius 2 is 2.00 bits per heavy atom. The fourth-order valence-corrected chi connectivity index (χ4v) is 1.72. The molecule has 2 aromatic rings. The van der Waals surface area contributed by atoms with Crippen molar-refractivity contribution in [1.29, 1.82) is 0 Å². The number of hydrogen-bond acceptors (Lipinski definition) is 5. The molecule has 0 aliphatic carbocycles. The molecule has 0 radical (unpaired) electrons. The smallest absolute Gasteiger partial charge is 0.133 e. The second kappa shape index (κ2) is 5.25. The number of ether oxygens (including phenoxy) is 1. The van der Waals surface area contributed by atoms with E-state index in [1.807, 2.05) is 24.3 Å². The summed E-state index contributed by atoms with van der Waals surface area (Å²) in [6.45, 7) is 0.888. The summed E-state index contributed by atoms with van der Waals surface area (Å²) in [6.07, 6.45) is 0. The van der Waals surface area contributed by atoms with Crippen molar-refractivity contribution in [2.24, 2.45) is 0 Å². The molecular weight excluding hydrogens is 246 g/mol. The fraction of sp³-hybridized carbons (Fsp3) is 0.200. The lowest BCUT2D eigenvalue weighted by atomic mass is 10.2. The second-order valence-electron chi connectivity index (χ2n) is 3.20. The van der Waals surface area contributed by atoms with Gasteiger partial charge < -0.3 is 10.5 Å². The minimum absolute atomic E-state index is 0.380. The molecule has 0 fully saturated rings. The molecule has 1 aromatic carbocycles. The third-order valence-electron chi connectivity index (χ3n) is 2.01. The Balaban J connectivity index is 1.84. The molecular formula is C10H10ClN3OS. The fourth-order valence-electron chi connectivity index (χ4n) is 1.16. The topological polar surface area (TPSA) is 61.0 Å². The Morgan fingerprint density at radius 3 is 2.62 bits per heavy atom. The maximum atomic E-state index is 5.77. The monoisotopic (exact) mass is 255 g/mol. The average Bonchev–Trinajstić information content (AvgIpc) is 2.68. The third-order valence-corrected chi connectivity index (χ3v) is 2.85. The summed E-state index contributed by atoms with van der Waals surface area (Å²) in [4.78, 5) is 0. The van der Waals surface area contributed by atoms with Crippen LogP contribution in [-0.4, -0.2) is 9.59 Å². The zero-order valence-electron chi connectivity index (χ0n) is 8.39. The number of anilines is 1. The molecule has 1 aromatic heterocycles. The number of halogens is 1. The van der Waals surface area contributed by atoms with Crippen molar-refractivity contribution in [2.75, 3.05) is 5.73 Å². The molecule has 0 saturated heterocycles. The molecule has 2 N–H and O–H groups in total. The van der Waals surface area contributed by atoms with Crippen LogP contribution in [0.4, 0.5) is 5.00 Å². The van der Waals surface area contributed by atoms with Crippen LogP contribution in [0.25, 0.3) is 0 Å². The molecule has 0 bridgehead atoms. The molecule has 0 atom stereocenters. The van der Waals surface area contributed by atoms with Gasteiger partial charge in [-0.2, -0.15) is 0 Å². The van der Waals surface area contributed by atoms with E-state index in [-0.39, 0.29) is 0 Å². The van der Waals surface area contributed by atoms with Gasteiger partial charge in [-0.3, -0.25) is 0 Å². The lowest BCUT2D eigenvalue weighted by Crippen LogP contribution is -1.97. The van der Waals surface area contributed by atoms with Gasteiger partial charge in [-0.1, -0.05) is 28.2 Å². The largest absolute Gasteiger partial charge is 0.388 e. The lowest BCUT2D eigenvalue weighted by Gasteiger charge is -2.02. The van der Waals surface area contributed by atoms with E-state index >= 15 is 0 Å². The van der Waals surface area contributed by atoms with Gasteiger partial charge in [0.1, 0.15) is 10.7 Å². The van der Waals surface area contributed by atoms with Crippen molar-refractivity contribution < 1.29 is 4.74 Å². The summed E-state index contributed by atoms with van der Waals surface area (Å²) < 4.78 is 9.19. The number of nitrogens with zero attached hydrogens (tertiary/aromatic N) is 2. The van der Waals surface area contributed by atoms with Gasteiger partial charge in [-0.15, -0.1) is 5.10 Å². The van der Waals surface area contributed by atoms with E-state index in [1.54, 1.807) is 0 Å². The third kappa shape index (κ3) is 2.91. The van der Waals surface area contributed by atoms with Gasteiger partial charge in [0.2, 0.25) is 0 Å². The van der Waals surface area contributed by atoms with Crippen molar-refractivity contribution in [2.45, 2.75) is 13.2 Å². The van der Waals surface area contributed by atoms with Crippen molar-refractivity contribution in [1.82, 2.24) is 9.59 Å². The van der Waals surface area contributed by atoms with Crippen molar-refractivity contribution >= 4 is 28.1 Å². The number of nitrogens with two attached hydrogens (primary N) is 1. The van der Waals surface area contributed by atoms with E-state index in [2.05, 4.69) is 9.59 Å². The van der Waals surface area contributed by atoms with Crippen LogP contribution in [0.2, 0.25) is 5.02 Å². The van der Waals surface area contributed by atoms with Gasteiger partial charge in [0.25, 0.3) is 0 Å². The lowest BCUT2D eigenvalue weighted by molar-refractivity contribution is 0.105. The maximum absolute atomic E-state index is 5.77. The zero-order chi connectivity index (χ0) is 11.4. The molecule has 0 aliphatic rings. The maximum Gasteiger partial charge on any atom is 0.133 e. The van der Waals surface area contributed by atoms with E-state index in [1.165, 1.54) is 11.5 Å². The Labute approximate surface area is 102 Å². The standard InChI is InChI=1S/C10H10ClN3OS/c11-8-3-1-7(2-4-8)5-15-6-9-10(12)16-14-13-9/h1-4H,5-6,12H2. The van der Waals surface area contributed by atoms with Gasteiger partial charge in [0, 0.05) is 16.6 Å². The Bertz CT molecular complexity index is 457. The van der Waals surface area contributed by atoms with Crippen LogP contribution in [0.1, 0.15) is 11.3 Å². The highest BCUT2D eigenvalue weighted by Gasteiger charge is 2.03. The SMILES string of the molecule is Nc1snnc1COCc1ccc(Cl)cc1. The number of rotatable bonds is 4. The van der Waals surface area contributed by atoms with Gasteiger partial charge in [0.15, 0.2) is 0 Å². The van der Waals surface area contributed by atoms with Crippen molar-refractivity contribution in [3.05, 3.63) is 40.5 Å². The van der Waals surface area contributed by atoms with Crippen LogP contribution in [0.15, 0.2) is 24.3 Å². The molecule has 0 unspecified atom stereocenters. The Kier molecular flexibility index (Phi) is 3.71. The summed E-state index contributed by atoms with van der Waals surface area (Å²) in [5.74, 6) is 0. The summed E-state index contributed by atoms with van der Waals surface area (Å²) in [5, 5.41) is 5.19. The quantitative estimate of drug-likeness (QED) is 0.912. The highest BCUT2D eigenvalue weighted by atomic mass is 35.5. The molecule has 4 nitrogen and oxygen atoms in total. The second-order valence-corrected chi connectivity index (χ2v) is 4.43. The molecule has 0 amide bonds. The van der Waals surface area contributed by atoms with Crippen LogP contribution >= 0.6 is 23.1 Å². The normalized spacial score (nSPS) is 10.6. The van der Waals surface area contributed by atoms with Crippen LogP contribution in [0.5, 0.6) is 0 Å². The molecule has 2 rings (SSSR count). The van der Waals surface area contributed by atoms with Crippen molar-refractivity contribution in [3.8, 4) is 0 Å². The van der Waals surface area contributed by atoms with Gasteiger partial charge in [-0.25, -0.2) is 0 Å². The zero-order valence-corrected chi connectivity index (χ0v) is 9.96. The molecule has 6 heteroatoms. The minimum atomic E-state index is 0.380. The first-order chi connectivity index (χ1) is 7.75. The van der Waals surface area contributed by atoms with Crippen LogP contribution in [-0.2, 0) is 18.0 Å². The summed E-state index contributed by atoms with van der Waals surface area (Å²) in [7, 11) is 0. The minimum Gasteiger partial charge on any atom is -0.388 e.